The number of benzene rings is 2. The van der Waals surface area contributed by atoms with Gasteiger partial charge in [-0.1, -0.05) is 42.1 Å². The highest BCUT2D eigenvalue weighted by Gasteiger charge is 2.36. The van der Waals surface area contributed by atoms with E-state index in [9.17, 15) is 9.18 Å². The lowest BCUT2D eigenvalue weighted by Crippen LogP contribution is -2.31. The fraction of sp³-hybridized carbons (Fsp3) is 0.160. The quantitative estimate of drug-likeness (QED) is 0.356. The number of hydrogen-bond donors (Lipinski definition) is 2. The first-order chi connectivity index (χ1) is 16.5. The second-order valence-electron chi connectivity index (χ2n) is 7.95. The Morgan fingerprint density at radius 3 is 2.79 bits per heavy atom. The van der Waals surface area contributed by atoms with Crippen LogP contribution in [0.15, 0.2) is 87.8 Å². The Kier molecular flexibility index (Phi) is 5.93. The number of thioether (sulfide) groups is 1. The van der Waals surface area contributed by atoms with Crippen LogP contribution >= 0.6 is 11.8 Å². The molecular formula is C25H22FN5O2S. The number of amides is 1. The van der Waals surface area contributed by atoms with Gasteiger partial charge in [-0.3, -0.25) is 4.79 Å². The molecule has 0 radical (unpaired) electrons. The van der Waals surface area contributed by atoms with Crippen molar-refractivity contribution in [3.05, 3.63) is 101 Å². The van der Waals surface area contributed by atoms with Gasteiger partial charge in [0.2, 0.25) is 11.1 Å². The van der Waals surface area contributed by atoms with Crippen LogP contribution in [0.1, 0.15) is 29.9 Å². The van der Waals surface area contributed by atoms with Gasteiger partial charge in [-0.2, -0.15) is 4.98 Å². The fourth-order valence-electron chi connectivity index (χ4n) is 3.88. The first kappa shape index (κ1) is 22.0. The van der Waals surface area contributed by atoms with E-state index in [0.29, 0.717) is 45.1 Å². The van der Waals surface area contributed by atoms with Gasteiger partial charge < -0.3 is 15.1 Å². The summed E-state index contributed by atoms with van der Waals surface area (Å²) in [5, 5.41) is 11.3. The minimum absolute atomic E-state index is 0.265. The van der Waals surface area contributed by atoms with E-state index in [4.69, 9.17) is 4.42 Å². The van der Waals surface area contributed by atoms with Crippen LogP contribution in [0.5, 0.6) is 0 Å². The molecule has 0 bridgehead atoms. The minimum atomic E-state index is -0.605. The number of halogens is 1. The highest BCUT2D eigenvalue weighted by Crippen LogP contribution is 2.37. The first-order valence-corrected chi connectivity index (χ1v) is 11.7. The predicted octanol–water partition coefficient (Wildman–Crippen LogP) is 5.54. The first-order valence-electron chi connectivity index (χ1n) is 10.7. The van der Waals surface area contributed by atoms with Crippen molar-refractivity contribution in [2.75, 3.05) is 10.6 Å². The van der Waals surface area contributed by atoms with Crippen LogP contribution in [-0.4, -0.2) is 20.7 Å². The number of hydrogen-bond acceptors (Lipinski definition) is 6. The zero-order chi connectivity index (χ0) is 23.7. The minimum Gasteiger partial charge on any atom is -0.467 e. The summed E-state index contributed by atoms with van der Waals surface area (Å²) in [6.07, 6.45) is 1.56. The smallest absolute Gasteiger partial charge is 0.256 e. The molecule has 0 aliphatic carbocycles. The van der Waals surface area contributed by atoms with Crippen LogP contribution in [0.3, 0.4) is 0 Å². The molecule has 9 heteroatoms. The number of carbonyl (C=O) groups is 1. The summed E-state index contributed by atoms with van der Waals surface area (Å²) in [4.78, 5) is 18.0. The molecular weight excluding hydrogens is 453 g/mol. The molecule has 1 aliphatic heterocycles. The average Bonchev–Trinajstić information content (AvgIpc) is 3.47. The fourth-order valence-corrected chi connectivity index (χ4v) is 4.69. The number of nitrogens with zero attached hydrogens (tertiary/aromatic N) is 3. The number of fused-ring (bicyclic) bond motifs is 1. The van der Waals surface area contributed by atoms with Gasteiger partial charge in [-0.15, -0.1) is 5.10 Å². The molecule has 1 aliphatic rings. The second kappa shape index (κ2) is 9.18. The summed E-state index contributed by atoms with van der Waals surface area (Å²) in [6, 6.07) is 17.2. The lowest BCUT2D eigenvalue weighted by Gasteiger charge is -2.27. The molecule has 0 saturated heterocycles. The van der Waals surface area contributed by atoms with Crippen LogP contribution in [0.25, 0.3) is 0 Å². The van der Waals surface area contributed by atoms with Crippen molar-refractivity contribution in [2.45, 2.75) is 30.8 Å². The second-order valence-corrected chi connectivity index (χ2v) is 8.89. The van der Waals surface area contributed by atoms with Crippen molar-refractivity contribution in [3.8, 4) is 0 Å². The molecule has 34 heavy (non-hydrogen) atoms. The Morgan fingerprint density at radius 2 is 2.03 bits per heavy atom. The zero-order valence-corrected chi connectivity index (χ0v) is 19.4. The van der Waals surface area contributed by atoms with Gasteiger partial charge >= 0.3 is 0 Å². The van der Waals surface area contributed by atoms with Crippen molar-refractivity contribution in [2.24, 2.45) is 0 Å². The maximum Gasteiger partial charge on any atom is 0.256 e. The van der Waals surface area contributed by atoms with Crippen molar-refractivity contribution in [3.63, 3.8) is 0 Å². The third-order valence-electron chi connectivity index (χ3n) is 5.48. The third-order valence-corrected chi connectivity index (χ3v) is 6.37. The molecule has 2 aromatic heterocycles. The highest BCUT2D eigenvalue weighted by molar-refractivity contribution is 7.98. The van der Waals surface area contributed by atoms with E-state index in [-0.39, 0.29) is 11.7 Å². The molecule has 5 rings (SSSR count). The van der Waals surface area contributed by atoms with E-state index >= 15 is 0 Å². The van der Waals surface area contributed by atoms with E-state index in [1.54, 1.807) is 41.3 Å². The monoisotopic (exact) mass is 475 g/mol. The highest BCUT2D eigenvalue weighted by atomic mass is 32.2. The van der Waals surface area contributed by atoms with Crippen LogP contribution < -0.4 is 10.6 Å². The number of aromatic nitrogens is 3. The molecule has 1 amide bonds. The maximum atomic E-state index is 14.0. The Hall–Kier alpha value is -3.85. The van der Waals surface area contributed by atoms with Gasteiger partial charge in [0.15, 0.2) is 0 Å². The number of anilines is 2. The summed E-state index contributed by atoms with van der Waals surface area (Å²) in [5.41, 5.74) is 3.44. The number of furan rings is 1. The molecule has 1 unspecified atom stereocenters. The van der Waals surface area contributed by atoms with Gasteiger partial charge in [-0.05, 0) is 55.3 Å². The molecule has 172 valence electrons. The Labute approximate surface area is 200 Å². The number of carbonyl (C=O) groups excluding carboxylic acids is 1. The molecule has 1 atom stereocenters. The standard InChI is InChI=1S/C25H22FN5O2S/c1-15-7-5-9-18(13-15)28-23(32)21-16(2)27-24-29-25(34-14-17-8-3-4-10-19(17)26)30-31(24)22(21)20-11-6-12-33-20/h3-13,22H,14H2,1-2H3,(H,28,32)(H,27,29,30). The SMILES string of the molecule is CC1=C(C(=O)Nc2cccc(C)c2)C(c2ccco2)n2nc(SCc3ccccc3F)nc2N1. The van der Waals surface area contributed by atoms with Gasteiger partial charge in [0.05, 0.1) is 11.8 Å². The number of rotatable bonds is 6. The van der Waals surface area contributed by atoms with Crippen LogP contribution in [0.4, 0.5) is 16.0 Å². The number of nitrogens with one attached hydrogen (secondary N) is 2. The summed E-state index contributed by atoms with van der Waals surface area (Å²) >= 11 is 1.32. The Balaban J connectivity index is 1.46. The van der Waals surface area contributed by atoms with Crippen molar-refractivity contribution in [1.82, 2.24) is 14.8 Å². The van der Waals surface area contributed by atoms with Gasteiger partial charge in [0, 0.05) is 17.1 Å². The number of aryl methyl sites for hydroxylation is 1. The van der Waals surface area contributed by atoms with Crippen molar-refractivity contribution in [1.29, 1.82) is 0 Å². The molecule has 0 saturated carbocycles. The van der Waals surface area contributed by atoms with E-state index in [1.807, 2.05) is 38.1 Å². The Morgan fingerprint density at radius 1 is 1.18 bits per heavy atom. The molecule has 0 spiro atoms. The molecule has 0 fully saturated rings. The zero-order valence-electron chi connectivity index (χ0n) is 18.6. The van der Waals surface area contributed by atoms with Crippen molar-refractivity contribution < 1.29 is 13.6 Å². The summed E-state index contributed by atoms with van der Waals surface area (Å²) < 4.78 is 21.4. The lowest BCUT2D eigenvalue weighted by atomic mass is 10.00. The third kappa shape index (κ3) is 4.34. The van der Waals surface area contributed by atoms with Gasteiger partial charge in [-0.25, -0.2) is 9.07 Å². The predicted molar refractivity (Wildman–Crippen MR) is 129 cm³/mol. The number of allylic oxidation sites excluding steroid dienone is 1. The summed E-state index contributed by atoms with van der Waals surface area (Å²) in [5.74, 6) is 0.903. The van der Waals surface area contributed by atoms with E-state index in [0.717, 1.165) is 5.56 Å². The van der Waals surface area contributed by atoms with E-state index in [1.165, 1.54) is 17.8 Å². The van der Waals surface area contributed by atoms with Crippen LogP contribution in [0.2, 0.25) is 0 Å². The summed E-state index contributed by atoms with van der Waals surface area (Å²) in [6.45, 7) is 3.79. The van der Waals surface area contributed by atoms with Crippen LogP contribution in [-0.2, 0) is 10.5 Å². The molecule has 7 nitrogen and oxygen atoms in total. The van der Waals surface area contributed by atoms with Crippen LogP contribution in [0, 0.1) is 12.7 Å². The van der Waals surface area contributed by atoms with Gasteiger partial charge in [0.25, 0.3) is 5.91 Å². The molecule has 4 aromatic rings. The topological polar surface area (TPSA) is 85.0 Å². The average molecular weight is 476 g/mol. The molecule has 3 heterocycles. The summed E-state index contributed by atoms with van der Waals surface area (Å²) in [7, 11) is 0. The maximum absolute atomic E-state index is 14.0. The van der Waals surface area contributed by atoms with Crippen molar-refractivity contribution >= 4 is 29.3 Å². The largest absolute Gasteiger partial charge is 0.467 e. The van der Waals surface area contributed by atoms with E-state index in [2.05, 4.69) is 20.7 Å². The normalized spacial score (nSPS) is 15.1. The van der Waals surface area contributed by atoms with E-state index < -0.39 is 6.04 Å². The lowest BCUT2D eigenvalue weighted by molar-refractivity contribution is -0.113. The molecule has 2 N–H and O–H groups in total. The van der Waals surface area contributed by atoms with Gasteiger partial charge in [0.1, 0.15) is 17.6 Å². The molecule has 2 aromatic carbocycles. The Bertz CT molecular complexity index is 1380.